The van der Waals surface area contributed by atoms with Crippen LogP contribution in [0.2, 0.25) is 5.02 Å². The first-order chi connectivity index (χ1) is 18.5. The number of carbonyl (C=O) groups excluding carboxylic acids is 1. The number of allylic oxidation sites excluding steroid dienone is 1. The van der Waals surface area contributed by atoms with E-state index in [1.54, 1.807) is 12.1 Å². The van der Waals surface area contributed by atoms with E-state index >= 15 is 0 Å². The van der Waals surface area contributed by atoms with E-state index in [9.17, 15) is 13.6 Å². The Morgan fingerprint density at radius 1 is 1.18 bits per heavy atom. The number of nitrogens with zero attached hydrogens (tertiary/aromatic N) is 3. The molecule has 2 aliphatic rings. The molecule has 0 aliphatic carbocycles. The van der Waals surface area contributed by atoms with Gasteiger partial charge in [-0.05, 0) is 30.3 Å². The monoisotopic (exact) mass is 544 g/mol. The van der Waals surface area contributed by atoms with Gasteiger partial charge in [-0.2, -0.15) is 0 Å². The van der Waals surface area contributed by atoms with Crippen LogP contribution in [-0.2, 0) is 20.7 Å². The summed E-state index contributed by atoms with van der Waals surface area (Å²) in [7, 11) is 0. The van der Waals surface area contributed by atoms with E-state index in [1.807, 2.05) is 4.90 Å². The normalized spacial score (nSPS) is 18.6. The summed E-state index contributed by atoms with van der Waals surface area (Å²) in [4.78, 5) is 23.6. The van der Waals surface area contributed by atoms with Crippen molar-refractivity contribution in [1.29, 1.82) is 0 Å². The van der Waals surface area contributed by atoms with E-state index in [-0.39, 0.29) is 17.5 Å². The molecule has 2 aromatic carbocycles. The first kappa shape index (κ1) is 26.4. The molecule has 3 aromatic rings. The average Bonchev–Trinajstić information content (AvgIpc) is 3.44. The number of nitrogens with one attached hydrogen (secondary N) is 1. The third-order valence-electron chi connectivity index (χ3n) is 6.43. The topological polar surface area (TPSA) is 85.8 Å². The van der Waals surface area contributed by atoms with E-state index in [2.05, 4.69) is 15.3 Å². The molecular weight excluding hydrogens is 518 g/mol. The summed E-state index contributed by atoms with van der Waals surface area (Å²) in [5, 5.41) is 3.67. The Hall–Kier alpha value is -3.18. The smallest absolute Gasteiger partial charge is 0.195 e. The second kappa shape index (κ2) is 12.1. The summed E-state index contributed by atoms with van der Waals surface area (Å²) in [6, 6.07) is 7.67. The number of morpholine rings is 1. The van der Waals surface area contributed by atoms with Crippen LogP contribution in [-0.4, -0.2) is 72.8 Å². The first-order valence-corrected chi connectivity index (χ1v) is 12.8. The molecule has 0 saturated carbocycles. The van der Waals surface area contributed by atoms with E-state index < -0.39 is 17.4 Å². The summed E-state index contributed by atoms with van der Waals surface area (Å²) >= 11 is 5.93. The molecule has 1 aromatic heterocycles. The van der Waals surface area contributed by atoms with Crippen molar-refractivity contribution < 1.29 is 27.8 Å². The maximum absolute atomic E-state index is 14.8. The average molecular weight is 545 g/mol. The van der Waals surface area contributed by atoms with Crippen LogP contribution in [0.5, 0.6) is 5.75 Å². The van der Waals surface area contributed by atoms with Crippen LogP contribution in [0.3, 0.4) is 0 Å². The standard InChI is InChI=1S/C27H27ClF2N4O4/c28-21-13-18(1-2-22(21)29)33-27-20-11-17(12-25(35)23(30)3-5-34-6-9-36-10-7-34)26(14-24(20)31-16-32-27)38-19-4-8-37-15-19/h1-3,11,13-14,16,19H,4-10,12,15H2,(H,31,32,33)/b23-3-/t19-/m0/s1. The van der Waals surface area contributed by atoms with Gasteiger partial charge in [-0.1, -0.05) is 11.6 Å². The Kier molecular flexibility index (Phi) is 8.43. The van der Waals surface area contributed by atoms with Crippen molar-refractivity contribution in [3.63, 3.8) is 0 Å². The zero-order valence-electron chi connectivity index (χ0n) is 20.6. The van der Waals surface area contributed by atoms with E-state index in [0.29, 0.717) is 86.2 Å². The number of aromatic nitrogens is 2. The molecule has 8 nitrogen and oxygen atoms in total. The number of rotatable bonds is 9. The van der Waals surface area contributed by atoms with Crippen LogP contribution >= 0.6 is 11.6 Å². The summed E-state index contributed by atoms with van der Waals surface area (Å²) in [6.07, 6.45) is 3.03. The maximum Gasteiger partial charge on any atom is 0.195 e. The Labute approximate surface area is 223 Å². The molecule has 0 unspecified atom stereocenters. The van der Waals surface area contributed by atoms with Gasteiger partial charge in [0.1, 0.15) is 29.8 Å². The van der Waals surface area contributed by atoms with Crippen LogP contribution in [0.25, 0.3) is 10.9 Å². The van der Waals surface area contributed by atoms with Gasteiger partial charge < -0.3 is 19.5 Å². The predicted molar refractivity (Wildman–Crippen MR) is 139 cm³/mol. The lowest BCUT2D eigenvalue weighted by Gasteiger charge is -2.25. The molecule has 1 atom stereocenters. The second-order valence-corrected chi connectivity index (χ2v) is 9.53. The number of carbonyl (C=O) groups is 1. The van der Waals surface area contributed by atoms with Crippen LogP contribution < -0.4 is 10.1 Å². The number of halogens is 3. The van der Waals surface area contributed by atoms with Gasteiger partial charge in [0.15, 0.2) is 11.6 Å². The fourth-order valence-electron chi connectivity index (χ4n) is 4.34. The third kappa shape index (κ3) is 6.44. The van der Waals surface area contributed by atoms with Crippen molar-refractivity contribution >= 4 is 39.8 Å². The molecule has 0 bridgehead atoms. The summed E-state index contributed by atoms with van der Waals surface area (Å²) in [6.45, 7) is 3.92. The van der Waals surface area contributed by atoms with Crippen molar-refractivity contribution in [2.45, 2.75) is 18.9 Å². The molecule has 0 amide bonds. The number of anilines is 2. The van der Waals surface area contributed by atoms with E-state index in [0.717, 1.165) is 0 Å². The van der Waals surface area contributed by atoms with Crippen molar-refractivity contribution in [3.8, 4) is 5.75 Å². The molecule has 11 heteroatoms. The van der Waals surface area contributed by atoms with Gasteiger partial charge in [0, 0.05) is 55.2 Å². The lowest BCUT2D eigenvalue weighted by atomic mass is 10.0. The van der Waals surface area contributed by atoms with E-state index in [1.165, 1.54) is 30.6 Å². The molecule has 3 heterocycles. The summed E-state index contributed by atoms with van der Waals surface area (Å²) in [5.74, 6) is -1.12. The molecule has 0 radical (unpaired) electrons. The van der Waals surface area contributed by atoms with Gasteiger partial charge in [-0.3, -0.25) is 9.69 Å². The lowest BCUT2D eigenvalue weighted by Crippen LogP contribution is -2.36. The fraction of sp³-hybridized carbons (Fsp3) is 0.370. The van der Waals surface area contributed by atoms with Crippen LogP contribution in [0, 0.1) is 5.82 Å². The summed E-state index contributed by atoms with van der Waals surface area (Å²) < 4.78 is 45.3. The summed E-state index contributed by atoms with van der Waals surface area (Å²) in [5.41, 5.74) is 1.58. The van der Waals surface area contributed by atoms with Crippen molar-refractivity contribution in [3.05, 3.63) is 65.0 Å². The van der Waals surface area contributed by atoms with Gasteiger partial charge in [0.2, 0.25) is 0 Å². The van der Waals surface area contributed by atoms with Gasteiger partial charge in [-0.25, -0.2) is 18.7 Å². The quantitative estimate of drug-likeness (QED) is 0.390. The van der Waals surface area contributed by atoms with Gasteiger partial charge in [0.05, 0.1) is 37.0 Å². The minimum absolute atomic E-state index is 0.0338. The maximum atomic E-state index is 14.8. The molecule has 1 N–H and O–H groups in total. The van der Waals surface area contributed by atoms with Crippen LogP contribution in [0.4, 0.5) is 20.3 Å². The number of Topliss-reactive ketones (excluding diaryl/α,β-unsaturated/α-hetero) is 1. The minimum Gasteiger partial charge on any atom is -0.488 e. The van der Waals surface area contributed by atoms with Gasteiger partial charge in [0.25, 0.3) is 0 Å². The highest BCUT2D eigenvalue weighted by Crippen LogP contribution is 2.32. The van der Waals surface area contributed by atoms with Gasteiger partial charge >= 0.3 is 0 Å². The molecular formula is C27H27ClF2N4O4. The zero-order valence-corrected chi connectivity index (χ0v) is 21.3. The van der Waals surface area contributed by atoms with Crippen molar-refractivity contribution in [2.75, 3.05) is 51.4 Å². The molecule has 5 rings (SSSR count). The minimum atomic E-state index is -0.796. The van der Waals surface area contributed by atoms with E-state index in [4.69, 9.17) is 25.8 Å². The molecule has 2 saturated heterocycles. The fourth-order valence-corrected chi connectivity index (χ4v) is 4.52. The third-order valence-corrected chi connectivity index (χ3v) is 6.72. The number of ether oxygens (including phenoxy) is 3. The molecule has 2 aliphatic heterocycles. The van der Waals surface area contributed by atoms with Gasteiger partial charge in [-0.15, -0.1) is 0 Å². The lowest BCUT2D eigenvalue weighted by molar-refractivity contribution is -0.116. The Bertz CT molecular complexity index is 1340. The van der Waals surface area contributed by atoms with Crippen molar-refractivity contribution in [2.24, 2.45) is 0 Å². The predicted octanol–water partition coefficient (Wildman–Crippen LogP) is 4.63. The highest BCUT2D eigenvalue weighted by molar-refractivity contribution is 6.31. The first-order valence-electron chi connectivity index (χ1n) is 12.4. The Morgan fingerprint density at radius 2 is 2.03 bits per heavy atom. The zero-order chi connectivity index (χ0) is 26.5. The molecule has 200 valence electrons. The number of benzene rings is 2. The van der Waals surface area contributed by atoms with Crippen LogP contribution in [0.1, 0.15) is 12.0 Å². The Balaban J connectivity index is 1.43. The Morgan fingerprint density at radius 3 is 2.79 bits per heavy atom. The number of hydrogen-bond donors (Lipinski definition) is 1. The van der Waals surface area contributed by atoms with Crippen molar-refractivity contribution in [1.82, 2.24) is 14.9 Å². The van der Waals surface area contributed by atoms with Crippen LogP contribution in [0.15, 0.2) is 48.6 Å². The second-order valence-electron chi connectivity index (χ2n) is 9.12. The highest BCUT2D eigenvalue weighted by Gasteiger charge is 2.22. The highest BCUT2D eigenvalue weighted by atomic mass is 35.5. The molecule has 2 fully saturated rings. The number of ketones is 1. The number of fused-ring (bicyclic) bond motifs is 1. The molecule has 0 spiro atoms. The number of hydrogen-bond acceptors (Lipinski definition) is 8. The largest absolute Gasteiger partial charge is 0.488 e. The molecule has 38 heavy (non-hydrogen) atoms. The SMILES string of the molecule is O=C(Cc1cc2c(Nc3ccc(F)c(Cl)c3)ncnc2cc1O[C@H]1CCOC1)/C(F)=C/CN1CCOCC1.